The van der Waals surface area contributed by atoms with Gasteiger partial charge in [0.15, 0.2) is 0 Å². The Bertz CT molecular complexity index is 730. The smallest absolute Gasteiger partial charge is 0.271 e. The molecule has 0 spiro atoms. The van der Waals surface area contributed by atoms with Gasteiger partial charge in [-0.3, -0.25) is 4.79 Å². The van der Waals surface area contributed by atoms with Crippen molar-refractivity contribution in [3.05, 3.63) is 65.2 Å². The Kier molecular flexibility index (Phi) is 3.86. The summed E-state index contributed by atoms with van der Waals surface area (Å²) in [5.74, 6) is -0.232. The molecule has 0 aliphatic carbocycles. The molecule has 0 saturated heterocycles. The lowest BCUT2D eigenvalue weighted by molar-refractivity contribution is -0.135. The zero-order valence-electron chi connectivity index (χ0n) is 12.0. The molecule has 0 radical (unpaired) electrons. The Balaban J connectivity index is 1.74. The van der Waals surface area contributed by atoms with Crippen LogP contribution in [0.15, 0.2) is 59.8 Å². The van der Waals surface area contributed by atoms with Crippen LogP contribution in [0, 0.1) is 0 Å². The van der Waals surface area contributed by atoms with Crippen LogP contribution >= 0.6 is 11.6 Å². The molecule has 1 atom stereocenters. The van der Waals surface area contributed by atoms with Crippen LogP contribution in [0.5, 0.6) is 0 Å². The lowest BCUT2D eigenvalue weighted by Gasteiger charge is -2.20. The number of hydrogen-bond acceptors (Lipinski definition) is 3. The van der Waals surface area contributed by atoms with Crippen LogP contribution in [0.2, 0.25) is 5.02 Å². The SMILES string of the molecule is C[C@]1(C(=O)Nc2ccccc2)CC(c2ccccc2Cl)=NO1. The lowest BCUT2D eigenvalue weighted by Crippen LogP contribution is -2.40. The summed E-state index contributed by atoms with van der Waals surface area (Å²) in [6.45, 7) is 1.72. The van der Waals surface area contributed by atoms with Gasteiger partial charge < -0.3 is 10.2 Å². The number of rotatable bonds is 3. The van der Waals surface area contributed by atoms with Crippen LogP contribution in [0.1, 0.15) is 18.9 Å². The molecule has 112 valence electrons. The van der Waals surface area contributed by atoms with Crippen molar-refractivity contribution in [3.63, 3.8) is 0 Å². The number of nitrogens with zero attached hydrogens (tertiary/aromatic N) is 1. The maximum atomic E-state index is 12.5. The highest BCUT2D eigenvalue weighted by atomic mass is 35.5. The number of carbonyl (C=O) groups is 1. The molecule has 1 aliphatic rings. The van der Waals surface area contributed by atoms with Gasteiger partial charge in [0.25, 0.3) is 5.91 Å². The van der Waals surface area contributed by atoms with E-state index in [1.54, 1.807) is 13.0 Å². The second kappa shape index (κ2) is 5.81. The predicted molar refractivity (Wildman–Crippen MR) is 87.2 cm³/mol. The van der Waals surface area contributed by atoms with E-state index < -0.39 is 5.60 Å². The third-order valence-electron chi connectivity index (χ3n) is 3.56. The fourth-order valence-corrected chi connectivity index (χ4v) is 2.53. The molecule has 4 nitrogen and oxygen atoms in total. The van der Waals surface area contributed by atoms with E-state index >= 15 is 0 Å². The summed E-state index contributed by atoms with van der Waals surface area (Å²) < 4.78 is 0. The number of anilines is 1. The van der Waals surface area contributed by atoms with Crippen molar-refractivity contribution in [3.8, 4) is 0 Å². The van der Waals surface area contributed by atoms with Crippen molar-refractivity contribution in [1.29, 1.82) is 0 Å². The summed E-state index contributed by atoms with van der Waals surface area (Å²) in [6, 6.07) is 16.6. The minimum Gasteiger partial charge on any atom is -0.379 e. The minimum atomic E-state index is -1.04. The maximum Gasteiger partial charge on any atom is 0.271 e. The first kappa shape index (κ1) is 14.6. The van der Waals surface area contributed by atoms with E-state index in [2.05, 4.69) is 10.5 Å². The molecule has 0 aromatic heterocycles. The minimum absolute atomic E-state index is 0.232. The number of para-hydroxylation sites is 1. The number of hydrogen-bond donors (Lipinski definition) is 1. The Hall–Kier alpha value is -2.33. The molecular formula is C17H15ClN2O2. The number of halogens is 1. The van der Waals surface area contributed by atoms with Gasteiger partial charge >= 0.3 is 0 Å². The fourth-order valence-electron chi connectivity index (χ4n) is 2.29. The van der Waals surface area contributed by atoms with Gasteiger partial charge in [0.05, 0.1) is 5.71 Å². The van der Waals surface area contributed by atoms with Crippen molar-refractivity contribution in [1.82, 2.24) is 0 Å². The first-order valence-corrected chi connectivity index (χ1v) is 7.33. The van der Waals surface area contributed by atoms with E-state index in [1.807, 2.05) is 48.5 Å². The topological polar surface area (TPSA) is 50.7 Å². The molecule has 0 fully saturated rings. The normalized spacial score (nSPS) is 20.2. The van der Waals surface area contributed by atoms with Crippen LogP contribution < -0.4 is 5.32 Å². The third kappa shape index (κ3) is 2.83. The lowest BCUT2D eigenvalue weighted by atomic mass is 9.95. The molecule has 1 aliphatic heterocycles. The molecule has 0 bridgehead atoms. The number of carbonyl (C=O) groups excluding carboxylic acids is 1. The first-order chi connectivity index (χ1) is 10.6. The quantitative estimate of drug-likeness (QED) is 0.935. The molecule has 1 heterocycles. The van der Waals surface area contributed by atoms with Gasteiger partial charge in [-0.05, 0) is 25.1 Å². The van der Waals surface area contributed by atoms with Gasteiger partial charge in [-0.1, -0.05) is 53.2 Å². The molecule has 0 saturated carbocycles. The van der Waals surface area contributed by atoms with Gasteiger partial charge in [0.1, 0.15) is 0 Å². The predicted octanol–water partition coefficient (Wildman–Crippen LogP) is 3.86. The van der Waals surface area contributed by atoms with Crippen LogP contribution in [0.3, 0.4) is 0 Å². The van der Waals surface area contributed by atoms with Gasteiger partial charge in [-0.25, -0.2) is 0 Å². The summed E-state index contributed by atoms with van der Waals surface area (Å²) in [4.78, 5) is 17.9. The van der Waals surface area contributed by atoms with Crippen molar-refractivity contribution < 1.29 is 9.63 Å². The maximum absolute atomic E-state index is 12.5. The number of oxime groups is 1. The van der Waals surface area contributed by atoms with Gasteiger partial charge in [0.2, 0.25) is 5.60 Å². The van der Waals surface area contributed by atoms with Crippen LogP contribution in [0.25, 0.3) is 0 Å². The zero-order chi connectivity index (χ0) is 15.6. The third-order valence-corrected chi connectivity index (χ3v) is 3.89. The highest BCUT2D eigenvalue weighted by Gasteiger charge is 2.42. The Morgan fingerprint density at radius 2 is 1.86 bits per heavy atom. The molecule has 5 heteroatoms. The van der Waals surface area contributed by atoms with Gasteiger partial charge in [0, 0.05) is 22.7 Å². The summed E-state index contributed by atoms with van der Waals surface area (Å²) in [6.07, 6.45) is 0.370. The van der Waals surface area contributed by atoms with Crippen molar-refractivity contribution in [2.24, 2.45) is 5.16 Å². The average molecular weight is 315 g/mol. The molecule has 2 aromatic carbocycles. The molecular weight excluding hydrogens is 300 g/mol. The zero-order valence-corrected chi connectivity index (χ0v) is 12.8. The molecule has 0 unspecified atom stereocenters. The standard InChI is InChI=1S/C17H15ClN2O2/c1-17(16(21)19-12-7-3-2-4-8-12)11-15(20-22-17)13-9-5-6-10-14(13)18/h2-10H,11H2,1H3,(H,19,21)/t17-/m1/s1. The summed E-state index contributed by atoms with van der Waals surface area (Å²) in [7, 11) is 0. The Labute approximate surface area is 133 Å². The van der Waals surface area contributed by atoms with Gasteiger partial charge in [-0.2, -0.15) is 0 Å². The Morgan fingerprint density at radius 1 is 1.18 bits per heavy atom. The van der Waals surface area contributed by atoms with Gasteiger partial charge in [-0.15, -0.1) is 0 Å². The van der Waals surface area contributed by atoms with E-state index in [1.165, 1.54) is 0 Å². The number of nitrogens with one attached hydrogen (secondary N) is 1. The van der Waals surface area contributed by atoms with Crippen LogP contribution in [-0.2, 0) is 9.63 Å². The summed E-state index contributed by atoms with van der Waals surface area (Å²) in [5.41, 5.74) is 1.16. The Morgan fingerprint density at radius 3 is 2.59 bits per heavy atom. The molecule has 3 rings (SSSR count). The monoisotopic (exact) mass is 314 g/mol. The van der Waals surface area contributed by atoms with E-state index in [9.17, 15) is 4.79 Å². The number of amides is 1. The number of benzene rings is 2. The molecule has 1 N–H and O–H groups in total. The molecule has 22 heavy (non-hydrogen) atoms. The first-order valence-electron chi connectivity index (χ1n) is 6.95. The summed E-state index contributed by atoms with van der Waals surface area (Å²) in [5, 5.41) is 7.49. The van der Waals surface area contributed by atoms with Crippen LogP contribution in [0.4, 0.5) is 5.69 Å². The van der Waals surface area contributed by atoms with E-state index in [0.717, 1.165) is 11.3 Å². The van der Waals surface area contributed by atoms with Crippen molar-refractivity contribution in [2.75, 3.05) is 5.32 Å². The fraction of sp³-hybridized carbons (Fsp3) is 0.176. The van der Waals surface area contributed by atoms with E-state index in [-0.39, 0.29) is 5.91 Å². The van der Waals surface area contributed by atoms with Crippen molar-refractivity contribution >= 4 is 28.9 Å². The highest BCUT2D eigenvalue weighted by Crippen LogP contribution is 2.30. The molecule has 1 amide bonds. The largest absolute Gasteiger partial charge is 0.379 e. The van der Waals surface area contributed by atoms with Crippen LogP contribution in [-0.4, -0.2) is 17.2 Å². The van der Waals surface area contributed by atoms with E-state index in [0.29, 0.717) is 17.2 Å². The summed E-state index contributed by atoms with van der Waals surface area (Å²) >= 11 is 6.17. The molecule has 2 aromatic rings. The van der Waals surface area contributed by atoms with E-state index in [4.69, 9.17) is 16.4 Å². The highest BCUT2D eigenvalue weighted by molar-refractivity contribution is 6.34. The average Bonchev–Trinajstić information content (AvgIpc) is 2.92. The second-order valence-corrected chi connectivity index (χ2v) is 5.74. The van der Waals surface area contributed by atoms with Crippen molar-refractivity contribution in [2.45, 2.75) is 18.9 Å². The second-order valence-electron chi connectivity index (χ2n) is 5.34.